The molecule has 4 rings (SSSR count). The zero-order chi connectivity index (χ0) is 17.8. The normalized spacial score (nSPS) is 10.6. The Morgan fingerprint density at radius 1 is 0.962 bits per heavy atom. The third kappa shape index (κ3) is 3.54. The first-order valence-electron chi connectivity index (χ1n) is 8.07. The first-order chi connectivity index (χ1) is 12.8. The Hall–Kier alpha value is -3.67. The average Bonchev–Trinajstić information content (AvgIpc) is 3.16. The van der Waals surface area contributed by atoms with Crippen LogP contribution in [0.1, 0.15) is 16.3 Å². The molecule has 0 bridgehead atoms. The van der Waals surface area contributed by atoms with Gasteiger partial charge in [-0.25, -0.2) is 9.97 Å². The number of fused-ring (bicyclic) bond motifs is 1. The second-order valence-corrected chi connectivity index (χ2v) is 5.59. The van der Waals surface area contributed by atoms with Crippen molar-refractivity contribution in [2.75, 3.05) is 5.32 Å². The zero-order valence-corrected chi connectivity index (χ0v) is 13.8. The van der Waals surface area contributed by atoms with Crippen LogP contribution in [-0.4, -0.2) is 15.9 Å². The van der Waals surface area contributed by atoms with Crippen LogP contribution in [0.3, 0.4) is 0 Å². The van der Waals surface area contributed by atoms with Crippen LogP contribution in [-0.2, 0) is 6.61 Å². The quantitative estimate of drug-likeness (QED) is 0.590. The Balaban J connectivity index is 1.40. The van der Waals surface area contributed by atoms with E-state index in [9.17, 15) is 4.79 Å². The predicted molar refractivity (Wildman–Crippen MR) is 97.0 cm³/mol. The van der Waals surface area contributed by atoms with E-state index >= 15 is 0 Å². The Bertz CT molecular complexity index is 1040. The summed E-state index contributed by atoms with van der Waals surface area (Å²) in [6, 6.07) is 18.9. The van der Waals surface area contributed by atoms with E-state index in [-0.39, 0.29) is 18.3 Å². The summed E-state index contributed by atoms with van der Waals surface area (Å²) in [5.74, 6) is 1.28. The standard InChI is InChI=1S/C20H15N3O3/c24-19(23-20-21-10-3-11-22-20)18-9-8-17(26-18)13-25-16-7-6-14-4-1-2-5-15(14)12-16/h1-12H,13H2,(H,21,22,23,24). The lowest BCUT2D eigenvalue weighted by Gasteiger charge is -2.06. The average molecular weight is 345 g/mol. The van der Waals surface area contributed by atoms with E-state index in [2.05, 4.69) is 15.3 Å². The molecule has 1 N–H and O–H groups in total. The number of hydrogen-bond donors (Lipinski definition) is 1. The van der Waals surface area contributed by atoms with E-state index in [0.29, 0.717) is 5.76 Å². The van der Waals surface area contributed by atoms with Gasteiger partial charge < -0.3 is 9.15 Å². The molecule has 4 aromatic rings. The maximum atomic E-state index is 12.1. The van der Waals surface area contributed by atoms with Crippen molar-refractivity contribution < 1.29 is 13.9 Å². The first kappa shape index (κ1) is 15.8. The smallest absolute Gasteiger partial charge is 0.293 e. The van der Waals surface area contributed by atoms with Crippen molar-refractivity contribution in [2.24, 2.45) is 0 Å². The number of ether oxygens (including phenoxy) is 1. The molecule has 0 saturated carbocycles. The van der Waals surface area contributed by atoms with E-state index in [1.165, 1.54) is 0 Å². The number of nitrogens with one attached hydrogen (secondary N) is 1. The van der Waals surface area contributed by atoms with E-state index in [4.69, 9.17) is 9.15 Å². The van der Waals surface area contributed by atoms with Gasteiger partial charge in [0.25, 0.3) is 5.91 Å². The number of aromatic nitrogens is 2. The molecular formula is C20H15N3O3. The highest BCUT2D eigenvalue weighted by molar-refractivity contribution is 6.01. The number of carbonyl (C=O) groups excluding carboxylic acids is 1. The highest BCUT2D eigenvalue weighted by Crippen LogP contribution is 2.21. The minimum absolute atomic E-state index is 0.176. The van der Waals surface area contributed by atoms with Crippen LogP contribution in [0, 0.1) is 0 Å². The van der Waals surface area contributed by atoms with Crippen LogP contribution < -0.4 is 10.1 Å². The fourth-order valence-corrected chi connectivity index (χ4v) is 2.52. The van der Waals surface area contributed by atoms with Crippen LogP contribution in [0.5, 0.6) is 5.75 Å². The van der Waals surface area contributed by atoms with Crippen LogP contribution in [0.15, 0.2) is 77.5 Å². The van der Waals surface area contributed by atoms with Crippen molar-refractivity contribution in [3.63, 3.8) is 0 Å². The SMILES string of the molecule is O=C(Nc1ncccn1)c1ccc(COc2ccc3ccccc3c2)o1. The number of amides is 1. The summed E-state index contributed by atoms with van der Waals surface area (Å²) in [7, 11) is 0. The highest BCUT2D eigenvalue weighted by Gasteiger charge is 2.13. The van der Waals surface area contributed by atoms with Crippen molar-refractivity contribution in [3.8, 4) is 5.75 Å². The Morgan fingerprint density at radius 2 is 1.77 bits per heavy atom. The van der Waals surface area contributed by atoms with Gasteiger partial charge in [0.05, 0.1) is 0 Å². The number of nitrogens with zero attached hydrogens (tertiary/aromatic N) is 2. The Labute approximate surface area is 149 Å². The molecule has 0 fully saturated rings. The lowest BCUT2D eigenvalue weighted by molar-refractivity contribution is 0.0991. The number of benzene rings is 2. The molecule has 6 nitrogen and oxygen atoms in total. The second kappa shape index (κ2) is 7.06. The molecule has 2 heterocycles. The molecule has 0 saturated heterocycles. The molecule has 0 aliphatic heterocycles. The van der Waals surface area contributed by atoms with Crippen molar-refractivity contribution in [1.29, 1.82) is 0 Å². The maximum absolute atomic E-state index is 12.1. The van der Waals surface area contributed by atoms with Crippen LogP contribution in [0.2, 0.25) is 0 Å². The van der Waals surface area contributed by atoms with Gasteiger partial charge in [-0.15, -0.1) is 0 Å². The molecule has 0 unspecified atom stereocenters. The van der Waals surface area contributed by atoms with E-state index in [0.717, 1.165) is 16.5 Å². The largest absolute Gasteiger partial charge is 0.486 e. The van der Waals surface area contributed by atoms with Gasteiger partial charge in [0, 0.05) is 12.4 Å². The maximum Gasteiger partial charge on any atom is 0.293 e. The fraction of sp³-hybridized carbons (Fsp3) is 0.0500. The van der Waals surface area contributed by atoms with Gasteiger partial charge in [-0.05, 0) is 41.1 Å². The molecule has 1 amide bonds. The van der Waals surface area contributed by atoms with Crippen LogP contribution in [0.4, 0.5) is 5.95 Å². The summed E-state index contributed by atoms with van der Waals surface area (Å²) in [4.78, 5) is 20.0. The molecule has 128 valence electrons. The van der Waals surface area contributed by atoms with Gasteiger partial charge in [-0.3, -0.25) is 10.1 Å². The molecule has 0 aliphatic rings. The number of carbonyl (C=O) groups is 1. The van der Waals surface area contributed by atoms with E-state index in [1.54, 1.807) is 30.6 Å². The van der Waals surface area contributed by atoms with E-state index in [1.807, 2.05) is 42.5 Å². The molecule has 2 aromatic heterocycles. The lowest BCUT2D eigenvalue weighted by Crippen LogP contribution is -2.13. The number of anilines is 1. The molecular weight excluding hydrogens is 330 g/mol. The summed E-state index contributed by atoms with van der Waals surface area (Å²) >= 11 is 0. The monoisotopic (exact) mass is 345 g/mol. The van der Waals surface area contributed by atoms with Gasteiger partial charge in [0.2, 0.25) is 5.95 Å². The van der Waals surface area contributed by atoms with Crippen LogP contribution >= 0.6 is 0 Å². The predicted octanol–water partition coefficient (Wildman–Crippen LogP) is 4.05. The van der Waals surface area contributed by atoms with Gasteiger partial charge in [-0.1, -0.05) is 30.3 Å². The van der Waals surface area contributed by atoms with Gasteiger partial charge in [-0.2, -0.15) is 0 Å². The molecule has 26 heavy (non-hydrogen) atoms. The summed E-state index contributed by atoms with van der Waals surface area (Å²) < 4.78 is 11.3. The third-order valence-electron chi connectivity index (χ3n) is 3.78. The first-order valence-corrected chi connectivity index (χ1v) is 8.07. The molecule has 0 radical (unpaired) electrons. The minimum atomic E-state index is -0.409. The summed E-state index contributed by atoms with van der Waals surface area (Å²) in [5, 5.41) is 4.83. The second-order valence-electron chi connectivity index (χ2n) is 5.59. The summed E-state index contributed by atoms with van der Waals surface area (Å²) in [6.45, 7) is 0.230. The van der Waals surface area contributed by atoms with Gasteiger partial charge in [0.1, 0.15) is 18.1 Å². The highest BCUT2D eigenvalue weighted by atomic mass is 16.5. The molecule has 0 aliphatic carbocycles. The van der Waals surface area contributed by atoms with Crippen molar-refractivity contribution >= 4 is 22.6 Å². The minimum Gasteiger partial charge on any atom is -0.486 e. The number of hydrogen-bond acceptors (Lipinski definition) is 5. The number of rotatable bonds is 5. The molecule has 6 heteroatoms. The molecule has 0 spiro atoms. The Morgan fingerprint density at radius 3 is 2.62 bits per heavy atom. The third-order valence-corrected chi connectivity index (χ3v) is 3.78. The summed E-state index contributed by atoms with van der Waals surface area (Å²) in [6.07, 6.45) is 3.10. The number of furan rings is 1. The molecule has 0 atom stereocenters. The van der Waals surface area contributed by atoms with E-state index < -0.39 is 5.91 Å². The summed E-state index contributed by atoms with van der Waals surface area (Å²) in [5.41, 5.74) is 0. The molecule has 2 aromatic carbocycles. The van der Waals surface area contributed by atoms with Crippen molar-refractivity contribution in [1.82, 2.24) is 9.97 Å². The zero-order valence-electron chi connectivity index (χ0n) is 13.8. The topological polar surface area (TPSA) is 77.2 Å². The fourth-order valence-electron chi connectivity index (χ4n) is 2.52. The van der Waals surface area contributed by atoms with Crippen LogP contribution in [0.25, 0.3) is 10.8 Å². The lowest BCUT2D eigenvalue weighted by atomic mass is 10.1. The Kier molecular flexibility index (Phi) is 4.30. The van der Waals surface area contributed by atoms with Crippen molar-refractivity contribution in [2.45, 2.75) is 6.61 Å². The van der Waals surface area contributed by atoms with Gasteiger partial charge >= 0.3 is 0 Å². The van der Waals surface area contributed by atoms with Crippen molar-refractivity contribution in [3.05, 3.63) is 84.6 Å². The van der Waals surface area contributed by atoms with Gasteiger partial charge in [0.15, 0.2) is 5.76 Å².